The summed E-state index contributed by atoms with van der Waals surface area (Å²) in [5.41, 5.74) is 4.77. The summed E-state index contributed by atoms with van der Waals surface area (Å²) in [7, 11) is 0. The normalized spacial score (nSPS) is 11.7. The average Bonchev–Trinajstić information content (AvgIpc) is 3.42. The molecule has 1 heterocycles. The average molecular weight is 546 g/mol. The number of nitrogens with zero attached hydrogens (tertiary/aromatic N) is 2. The lowest BCUT2D eigenvalue weighted by Crippen LogP contribution is -2.27. The summed E-state index contributed by atoms with van der Waals surface area (Å²) in [6.07, 6.45) is 26.2. The lowest BCUT2D eigenvalue weighted by Gasteiger charge is -2.22. The number of unbranched alkanes of at least 4 members (excludes halogenated alkanes) is 15. The van der Waals surface area contributed by atoms with Crippen LogP contribution >= 0.6 is 0 Å². The van der Waals surface area contributed by atoms with E-state index in [9.17, 15) is 0 Å². The number of hydrogen-bond donors (Lipinski definition) is 1. The number of H-pyrrole nitrogens is 1. The summed E-state index contributed by atoms with van der Waals surface area (Å²) in [6.45, 7) is 8.59. The maximum Gasteiger partial charge on any atom is 0.138 e. The second-order valence-corrected chi connectivity index (χ2v) is 12.1. The second kappa shape index (κ2) is 20.7. The number of hydrogen-bond acceptors (Lipinski definition) is 2. The third-order valence-corrected chi connectivity index (χ3v) is 8.44. The molecule has 1 N–H and O–H groups in total. The molecule has 0 atom stereocenters. The van der Waals surface area contributed by atoms with Gasteiger partial charge in [0, 0.05) is 5.56 Å². The maximum absolute atomic E-state index is 4.78. The van der Waals surface area contributed by atoms with Crippen molar-refractivity contribution in [3.8, 4) is 11.4 Å². The van der Waals surface area contributed by atoms with Gasteiger partial charge in [0.05, 0.1) is 11.0 Å². The lowest BCUT2D eigenvalue weighted by atomic mass is 10.0. The molecule has 0 unspecified atom stereocenters. The molecule has 0 fully saturated rings. The molecule has 0 spiro atoms. The number of rotatable bonds is 24. The second-order valence-electron chi connectivity index (χ2n) is 12.1. The van der Waals surface area contributed by atoms with E-state index in [2.05, 4.69) is 66.2 Å². The Morgan fingerprint density at radius 2 is 1.12 bits per heavy atom. The molecule has 0 saturated heterocycles. The molecule has 2 aromatic carbocycles. The van der Waals surface area contributed by atoms with Gasteiger partial charge in [-0.15, -0.1) is 0 Å². The number of aromatic amines is 1. The topological polar surface area (TPSA) is 31.9 Å². The number of imidazole rings is 1. The van der Waals surface area contributed by atoms with Crippen LogP contribution in [0.4, 0.5) is 0 Å². The predicted molar refractivity (Wildman–Crippen MR) is 176 cm³/mol. The molecule has 222 valence electrons. The first kappa shape index (κ1) is 32.4. The molecule has 0 amide bonds. The van der Waals surface area contributed by atoms with Crippen LogP contribution in [0.1, 0.15) is 135 Å². The molecule has 0 bridgehead atoms. The first-order valence-electron chi connectivity index (χ1n) is 17.1. The van der Waals surface area contributed by atoms with Gasteiger partial charge >= 0.3 is 0 Å². The molecule has 0 aliphatic heterocycles. The van der Waals surface area contributed by atoms with Crippen LogP contribution in [0, 0.1) is 0 Å². The molecular weight excluding hydrogens is 486 g/mol. The first-order valence-corrected chi connectivity index (χ1v) is 17.1. The number of para-hydroxylation sites is 2. The largest absolute Gasteiger partial charge is 0.338 e. The van der Waals surface area contributed by atoms with E-state index in [4.69, 9.17) is 4.98 Å². The van der Waals surface area contributed by atoms with E-state index in [1.54, 1.807) is 0 Å². The monoisotopic (exact) mass is 545 g/mol. The zero-order valence-corrected chi connectivity index (χ0v) is 26.1. The minimum atomic E-state index is 0.977. The van der Waals surface area contributed by atoms with Gasteiger partial charge in [-0.1, -0.05) is 134 Å². The third kappa shape index (κ3) is 13.0. The van der Waals surface area contributed by atoms with Crippen molar-refractivity contribution in [2.24, 2.45) is 0 Å². The standard InChI is InChI=1S/C37H59N3/c1-3-5-7-9-14-20-29-40(30-21-15-10-8-6-4-2)31-22-16-12-11-13-17-24-33-25-23-26-34(32-33)37-38-35-27-18-19-28-36(35)39-37/h18-19,23,25-28,32H,3-17,20-22,24,29-31H2,1-2H3,(H,38,39). The number of fused-ring (bicyclic) bond motifs is 1. The van der Waals surface area contributed by atoms with Crippen molar-refractivity contribution in [3.05, 3.63) is 54.1 Å². The highest BCUT2D eigenvalue weighted by Gasteiger charge is 2.07. The summed E-state index contributed by atoms with van der Waals surface area (Å²) in [4.78, 5) is 11.0. The van der Waals surface area contributed by atoms with Crippen LogP contribution in [-0.4, -0.2) is 34.5 Å². The van der Waals surface area contributed by atoms with Gasteiger partial charge in [-0.25, -0.2) is 4.98 Å². The number of nitrogens with one attached hydrogen (secondary N) is 1. The molecular formula is C37H59N3. The quantitative estimate of drug-likeness (QED) is 0.113. The molecule has 3 aromatic rings. The van der Waals surface area contributed by atoms with Crippen molar-refractivity contribution in [3.63, 3.8) is 0 Å². The summed E-state index contributed by atoms with van der Waals surface area (Å²) in [5.74, 6) is 0.977. The van der Waals surface area contributed by atoms with E-state index in [1.165, 1.54) is 153 Å². The summed E-state index contributed by atoms with van der Waals surface area (Å²) < 4.78 is 0. The van der Waals surface area contributed by atoms with Crippen molar-refractivity contribution >= 4 is 11.0 Å². The summed E-state index contributed by atoms with van der Waals surface area (Å²) >= 11 is 0. The van der Waals surface area contributed by atoms with Crippen molar-refractivity contribution < 1.29 is 0 Å². The fourth-order valence-electron chi connectivity index (χ4n) is 5.90. The molecule has 1 aromatic heterocycles. The third-order valence-electron chi connectivity index (χ3n) is 8.44. The van der Waals surface area contributed by atoms with Crippen LogP contribution in [0.2, 0.25) is 0 Å². The Balaban J connectivity index is 1.27. The smallest absolute Gasteiger partial charge is 0.138 e. The van der Waals surface area contributed by atoms with Gasteiger partial charge < -0.3 is 9.88 Å². The van der Waals surface area contributed by atoms with Gasteiger partial charge in [-0.2, -0.15) is 0 Å². The van der Waals surface area contributed by atoms with Crippen molar-refractivity contribution in [1.82, 2.24) is 14.9 Å². The number of aryl methyl sites for hydroxylation is 1. The van der Waals surface area contributed by atoms with Crippen LogP contribution in [0.25, 0.3) is 22.4 Å². The Kier molecular flexibility index (Phi) is 16.8. The molecule has 3 nitrogen and oxygen atoms in total. The SMILES string of the molecule is CCCCCCCCN(CCCCCCCC)CCCCCCCCc1cccc(-c2nc3ccccc3[nH]2)c1. The molecule has 0 aliphatic carbocycles. The van der Waals surface area contributed by atoms with Crippen LogP contribution in [-0.2, 0) is 6.42 Å². The Bertz CT molecular complexity index is 974. The minimum Gasteiger partial charge on any atom is -0.338 e. The van der Waals surface area contributed by atoms with Crippen LogP contribution in [0.3, 0.4) is 0 Å². The zero-order valence-electron chi connectivity index (χ0n) is 26.1. The maximum atomic E-state index is 4.78. The van der Waals surface area contributed by atoms with E-state index in [0.29, 0.717) is 0 Å². The van der Waals surface area contributed by atoms with E-state index in [-0.39, 0.29) is 0 Å². The number of benzene rings is 2. The van der Waals surface area contributed by atoms with Crippen LogP contribution < -0.4 is 0 Å². The Morgan fingerprint density at radius 3 is 1.73 bits per heavy atom. The van der Waals surface area contributed by atoms with E-state index >= 15 is 0 Å². The lowest BCUT2D eigenvalue weighted by molar-refractivity contribution is 0.254. The molecule has 0 aliphatic rings. The highest BCUT2D eigenvalue weighted by molar-refractivity contribution is 5.79. The number of aromatic nitrogens is 2. The summed E-state index contributed by atoms with van der Waals surface area (Å²) in [5, 5.41) is 0. The van der Waals surface area contributed by atoms with Gasteiger partial charge in [0.2, 0.25) is 0 Å². The fourth-order valence-corrected chi connectivity index (χ4v) is 5.90. The van der Waals surface area contributed by atoms with E-state index in [0.717, 1.165) is 16.9 Å². The van der Waals surface area contributed by atoms with Crippen molar-refractivity contribution in [2.75, 3.05) is 19.6 Å². The Morgan fingerprint density at radius 1 is 0.575 bits per heavy atom. The summed E-state index contributed by atoms with van der Waals surface area (Å²) in [6, 6.07) is 17.2. The van der Waals surface area contributed by atoms with Gasteiger partial charge in [-0.3, -0.25) is 0 Å². The fraction of sp³-hybridized carbons (Fsp3) is 0.649. The van der Waals surface area contributed by atoms with Gasteiger partial charge in [-0.05, 0) is 75.5 Å². The molecule has 40 heavy (non-hydrogen) atoms. The molecule has 3 rings (SSSR count). The molecule has 0 radical (unpaired) electrons. The Hall–Kier alpha value is -2.13. The van der Waals surface area contributed by atoms with Gasteiger partial charge in [0.1, 0.15) is 5.82 Å². The first-order chi connectivity index (χ1) is 19.8. The van der Waals surface area contributed by atoms with Crippen LogP contribution in [0.15, 0.2) is 48.5 Å². The molecule has 3 heteroatoms. The zero-order chi connectivity index (χ0) is 28.1. The van der Waals surface area contributed by atoms with Gasteiger partial charge in [0.15, 0.2) is 0 Å². The van der Waals surface area contributed by atoms with Gasteiger partial charge in [0.25, 0.3) is 0 Å². The molecule has 0 saturated carbocycles. The Labute approximate surface area is 246 Å². The van der Waals surface area contributed by atoms with E-state index < -0.39 is 0 Å². The highest BCUT2D eigenvalue weighted by atomic mass is 15.1. The van der Waals surface area contributed by atoms with Crippen molar-refractivity contribution in [2.45, 2.75) is 136 Å². The highest BCUT2D eigenvalue weighted by Crippen LogP contribution is 2.22. The van der Waals surface area contributed by atoms with E-state index in [1.807, 2.05) is 6.07 Å². The predicted octanol–water partition coefficient (Wildman–Crippen LogP) is 11.1. The van der Waals surface area contributed by atoms with Crippen LogP contribution in [0.5, 0.6) is 0 Å². The van der Waals surface area contributed by atoms with Crippen molar-refractivity contribution in [1.29, 1.82) is 0 Å². The minimum absolute atomic E-state index is 0.977.